The Morgan fingerprint density at radius 1 is 1.60 bits per heavy atom. The maximum atomic E-state index is 11.4. The molecule has 0 aromatic carbocycles. The van der Waals surface area contributed by atoms with Crippen LogP contribution >= 0.6 is 0 Å². The van der Waals surface area contributed by atoms with Crippen LogP contribution in [0.2, 0.25) is 0 Å². The van der Waals surface area contributed by atoms with Crippen molar-refractivity contribution in [3.05, 3.63) is 12.7 Å². The molecule has 0 aliphatic heterocycles. The minimum atomic E-state index is -0.561. The highest BCUT2D eigenvalue weighted by Gasteiger charge is 2.13. The Labute approximate surface area is 115 Å². The number of rotatable bonds is 4. The summed E-state index contributed by atoms with van der Waals surface area (Å²) < 4.78 is 6.88. The Kier molecular flexibility index (Phi) is 4.00. The third-order valence-corrected chi connectivity index (χ3v) is 2.53. The number of hydrogen-bond donors (Lipinski definition) is 2. The van der Waals surface area contributed by atoms with Crippen LogP contribution in [0.15, 0.2) is 12.7 Å². The zero-order chi connectivity index (χ0) is 14.5. The molecule has 0 fully saturated rings. The van der Waals surface area contributed by atoms with Crippen LogP contribution in [0.4, 0.5) is 10.6 Å². The lowest BCUT2D eigenvalue weighted by Crippen LogP contribution is -2.29. The zero-order valence-corrected chi connectivity index (χ0v) is 10.9. The second kappa shape index (κ2) is 5.88. The third-order valence-electron chi connectivity index (χ3n) is 2.53. The summed E-state index contributed by atoms with van der Waals surface area (Å²) in [7, 11) is 0. The monoisotopic (exact) mass is 274 g/mol. The summed E-state index contributed by atoms with van der Waals surface area (Å²) in [6.07, 6.45) is 7.04. The van der Waals surface area contributed by atoms with E-state index in [0.717, 1.165) is 0 Å². The van der Waals surface area contributed by atoms with Crippen LogP contribution in [-0.2, 0) is 11.3 Å². The highest BCUT2D eigenvalue weighted by molar-refractivity contribution is 5.81. The molecule has 0 saturated heterocycles. The fourth-order valence-electron chi connectivity index (χ4n) is 1.69. The highest BCUT2D eigenvalue weighted by atomic mass is 16.6. The van der Waals surface area contributed by atoms with E-state index < -0.39 is 6.09 Å². The van der Waals surface area contributed by atoms with E-state index >= 15 is 0 Å². The first-order valence-electron chi connectivity index (χ1n) is 5.91. The molecule has 0 radical (unpaired) electrons. The van der Waals surface area contributed by atoms with Crippen molar-refractivity contribution in [2.24, 2.45) is 0 Å². The number of fused-ring (bicyclic) bond motifs is 1. The van der Waals surface area contributed by atoms with Crippen molar-refractivity contribution in [2.75, 3.05) is 12.3 Å². The summed E-state index contributed by atoms with van der Waals surface area (Å²) in [5.74, 6) is 2.60. The van der Waals surface area contributed by atoms with Crippen molar-refractivity contribution in [3.8, 4) is 12.3 Å². The molecule has 20 heavy (non-hydrogen) atoms. The molecule has 1 amide bonds. The fraction of sp³-hybridized carbons (Fsp3) is 0.333. The molecule has 2 rings (SSSR count). The van der Waals surface area contributed by atoms with E-state index in [-0.39, 0.29) is 12.6 Å². The Morgan fingerprint density at radius 2 is 2.40 bits per heavy atom. The van der Waals surface area contributed by atoms with Gasteiger partial charge in [-0.1, -0.05) is 5.92 Å². The van der Waals surface area contributed by atoms with Crippen molar-refractivity contribution >= 4 is 23.1 Å². The van der Waals surface area contributed by atoms with E-state index in [1.807, 2.05) is 0 Å². The lowest BCUT2D eigenvalue weighted by atomic mass is 10.4. The van der Waals surface area contributed by atoms with Gasteiger partial charge in [0.1, 0.15) is 17.9 Å². The number of imidazole rings is 1. The summed E-state index contributed by atoms with van der Waals surface area (Å²) in [5.41, 5.74) is 6.81. The van der Waals surface area contributed by atoms with Crippen molar-refractivity contribution in [1.82, 2.24) is 24.8 Å². The molecular formula is C12H14N6O2. The molecule has 0 spiro atoms. The topological polar surface area (TPSA) is 108 Å². The number of nitrogens with one attached hydrogen (secondary N) is 1. The number of anilines is 1. The van der Waals surface area contributed by atoms with Gasteiger partial charge in [0.05, 0.1) is 19.4 Å². The number of carbonyl (C=O) groups is 1. The van der Waals surface area contributed by atoms with Crippen molar-refractivity contribution in [3.63, 3.8) is 0 Å². The Balaban J connectivity index is 2.03. The predicted molar refractivity (Wildman–Crippen MR) is 72.5 cm³/mol. The average Bonchev–Trinajstić information content (AvgIpc) is 2.81. The largest absolute Gasteiger partial charge is 0.445 e. The van der Waals surface area contributed by atoms with Gasteiger partial charge in [0, 0.05) is 0 Å². The van der Waals surface area contributed by atoms with Gasteiger partial charge in [0.25, 0.3) is 0 Å². The second-order valence-corrected chi connectivity index (χ2v) is 4.10. The van der Waals surface area contributed by atoms with Crippen molar-refractivity contribution < 1.29 is 9.53 Å². The molecule has 1 atom stereocenters. The van der Waals surface area contributed by atoms with E-state index in [1.54, 1.807) is 17.8 Å². The number of nitrogens with zero attached hydrogens (tertiary/aromatic N) is 4. The number of amides is 1. The fourth-order valence-corrected chi connectivity index (χ4v) is 1.69. The molecule has 2 heterocycles. The molecule has 0 aliphatic carbocycles. The summed E-state index contributed by atoms with van der Waals surface area (Å²) in [6, 6.07) is 0. The first kappa shape index (κ1) is 13.6. The number of aromatic nitrogens is 4. The molecule has 104 valence electrons. The molecule has 2 aromatic rings. The summed E-state index contributed by atoms with van der Waals surface area (Å²) >= 11 is 0. The van der Waals surface area contributed by atoms with Gasteiger partial charge in [-0.15, -0.1) is 6.42 Å². The molecule has 0 aliphatic rings. The third kappa shape index (κ3) is 2.95. The molecular weight excluding hydrogens is 260 g/mol. The maximum Gasteiger partial charge on any atom is 0.408 e. The van der Waals surface area contributed by atoms with Crippen LogP contribution in [0.3, 0.4) is 0 Å². The summed E-state index contributed by atoms with van der Waals surface area (Å²) in [5, 5.41) is 2.42. The van der Waals surface area contributed by atoms with Crippen LogP contribution in [0.1, 0.15) is 6.92 Å². The van der Waals surface area contributed by atoms with E-state index in [4.69, 9.17) is 16.9 Å². The van der Waals surface area contributed by atoms with E-state index in [9.17, 15) is 4.79 Å². The summed E-state index contributed by atoms with van der Waals surface area (Å²) in [4.78, 5) is 23.5. The van der Waals surface area contributed by atoms with Crippen LogP contribution in [-0.4, -0.2) is 38.3 Å². The number of ether oxygens (including phenoxy) is 1. The minimum Gasteiger partial charge on any atom is -0.445 e. The smallest absolute Gasteiger partial charge is 0.408 e. The quantitative estimate of drug-likeness (QED) is 0.769. The number of terminal acetylenes is 1. The number of nitrogen functional groups attached to an aromatic ring is 1. The van der Waals surface area contributed by atoms with Gasteiger partial charge in [0.15, 0.2) is 11.5 Å². The second-order valence-electron chi connectivity index (χ2n) is 4.10. The lowest BCUT2D eigenvalue weighted by Gasteiger charge is -2.14. The lowest BCUT2D eigenvalue weighted by molar-refractivity contribution is 0.0989. The van der Waals surface area contributed by atoms with Crippen LogP contribution in [0, 0.1) is 12.3 Å². The standard InChI is InChI=1S/C12H14N6O2/c1-3-4-14-12(19)20-8(2)5-18-7-17-9-10(13)15-6-16-11(9)18/h1,6-8H,4-5H2,2H3,(H,14,19)(H2,13,15,16)/t8-/m1/s1. The molecule has 8 nitrogen and oxygen atoms in total. The van der Waals surface area contributed by atoms with Gasteiger partial charge < -0.3 is 20.4 Å². The first-order valence-corrected chi connectivity index (χ1v) is 5.91. The van der Waals surface area contributed by atoms with Gasteiger partial charge >= 0.3 is 6.09 Å². The van der Waals surface area contributed by atoms with Gasteiger partial charge in [0.2, 0.25) is 0 Å². The number of alkyl carbamates (subject to hydrolysis) is 1. The van der Waals surface area contributed by atoms with Crippen LogP contribution in [0.5, 0.6) is 0 Å². The minimum absolute atomic E-state index is 0.128. The maximum absolute atomic E-state index is 11.4. The highest BCUT2D eigenvalue weighted by Crippen LogP contribution is 2.14. The predicted octanol–water partition coefficient (Wildman–Crippen LogP) is 0.156. The molecule has 0 bridgehead atoms. The normalized spacial score (nSPS) is 11.8. The number of hydrogen-bond acceptors (Lipinski definition) is 6. The van der Waals surface area contributed by atoms with Crippen molar-refractivity contribution in [1.29, 1.82) is 0 Å². The Morgan fingerprint density at radius 3 is 3.15 bits per heavy atom. The van der Waals surface area contributed by atoms with E-state index in [1.165, 1.54) is 6.33 Å². The molecule has 0 saturated carbocycles. The molecule has 3 N–H and O–H groups in total. The SMILES string of the molecule is C#CCNC(=O)O[C@H](C)Cn1cnc2c(N)ncnc21. The Hall–Kier alpha value is -2.82. The van der Waals surface area contributed by atoms with Gasteiger partial charge in [-0.25, -0.2) is 19.7 Å². The van der Waals surface area contributed by atoms with Gasteiger partial charge in [-0.05, 0) is 6.92 Å². The van der Waals surface area contributed by atoms with Crippen LogP contribution in [0.25, 0.3) is 11.2 Å². The molecule has 0 unspecified atom stereocenters. The Bertz CT molecular complexity index is 660. The van der Waals surface area contributed by atoms with Gasteiger partial charge in [-0.3, -0.25) is 0 Å². The van der Waals surface area contributed by atoms with E-state index in [0.29, 0.717) is 23.5 Å². The number of carbonyl (C=O) groups excluding carboxylic acids is 1. The van der Waals surface area contributed by atoms with E-state index in [2.05, 4.69) is 26.2 Å². The zero-order valence-electron chi connectivity index (χ0n) is 10.9. The summed E-state index contributed by atoms with van der Waals surface area (Å²) in [6.45, 7) is 2.28. The molecule has 2 aromatic heterocycles. The first-order chi connectivity index (χ1) is 9.61. The average molecular weight is 274 g/mol. The van der Waals surface area contributed by atoms with Crippen molar-refractivity contribution in [2.45, 2.75) is 19.6 Å². The number of nitrogens with two attached hydrogens (primary N) is 1. The molecule has 8 heteroatoms. The van der Waals surface area contributed by atoms with Gasteiger partial charge in [-0.2, -0.15) is 0 Å². The van der Waals surface area contributed by atoms with Crippen LogP contribution < -0.4 is 11.1 Å².